The summed E-state index contributed by atoms with van der Waals surface area (Å²) in [5.74, 6) is 5.30. The van der Waals surface area contributed by atoms with Crippen LogP contribution >= 0.6 is 0 Å². The number of aldehydes is 1. The standard InChI is InChI=1S/C8H6N2O/c9-8-4-3-7(6-10-8)2-1-5-11/h3-6H,(H2,9,10). The SMILES string of the molecule is Nc1ccc(C#CC=O)cn1. The highest BCUT2D eigenvalue weighted by atomic mass is 16.1. The van der Waals surface area contributed by atoms with Crippen molar-refractivity contribution < 1.29 is 4.79 Å². The maximum Gasteiger partial charge on any atom is 0.193 e. The number of nitrogens with two attached hydrogens (primary N) is 1. The van der Waals surface area contributed by atoms with Gasteiger partial charge in [0.15, 0.2) is 6.29 Å². The third-order valence-corrected chi connectivity index (χ3v) is 1.06. The van der Waals surface area contributed by atoms with Gasteiger partial charge in [-0.1, -0.05) is 5.92 Å². The van der Waals surface area contributed by atoms with E-state index in [0.29, 0.717) is 17.7 Å². The highest BCUT2D eigenvalue weighted by molar-refractivity contribution is 5.73. The molecule has 54 valence electrons. The van der Waals surface area contributed by atoms with Crippen molar-refractivity contribution in [1.82, 2.24) is 4.98 Å². The minimum atomic E-state index is 0.446. The summed E-state index contributed by atoms with van der Waals surface area (Å²) in [7, 11) is 0. The van der Waals surface area contributed by atoms with E-state index in [9.17, 15) is 4.79 Å². The third-order valence-electron chi connectivity index (χ3n) is 1.06. The lowest BCUT2D eigenvalue weighted by Gasteiger charge is -1.89. The number of hydrogen-bond donors (Lipinski definition) is 1. The molecule has 2 N–H and O–H groups in total. The normalized spacial score (nSPS) is 8.00. The fourth-order valence-electron chi connectivity index (χ4n) is 0.592. The van der Waals surface area contributed by atoms with E-state index in [2.05, 4.69) is 16.8 Å². The molecule has 0 aliphatic rings. The van der Waals surface area contributed by atoms with Crippen LogP contribution in [0.3, 0.4) is 0 Å². The van der Waals surface area contributed by atoms with Crippen LogP contribution in [0, 0.1) is 11.8 Å². The minimum absolute atomic E-state index is 0.446. The number of nitrogen functional groups attached to an aromatic ring is 1. The van der Waals surface area contributed by atoms with Gasteiger partial charge in [0.1, 0.15) is 5.82 Å². The Kier molecular flexibility index (Phi) is 2.24. The van der Waals surface area contributed by atoms with E-state index in [0.717, 1.165) is 0 Å². The van der Waals surface area contributed by atoms with Crippen molar-refractivity contribution in [3.8, 4) is 11.8 Å². The Hall–Kier alpha value is -1.82. The molecule has 0 aliphatic carbocycles. The Morgan fingerprint density at radius 1 is 1.55 bits per heavy atom. The summed E-state index contributed by atoms with van der Waals surface area (Å²) in [5, 5.41) is 0. The maximum atomic E-state index is 9.83. The van der Waals surface area contributed by atoms with Crippen LogP contribution in [-0.4, -0.2) is 11.3 Å². The van der Waals surface area contributed by atoms with Crippen LogP contribution in [0.4, 0.5) is 5.82 Å². The zero-order valence-electron chi connectivity index (χ0n) is 5.74. The van der Waals surface area contributed by atoms with Crippen LogP contribution in [0.25, 0.3) is 0 Å². The molecule has 0 unspecified atom stereocenters. The first-order valence-electron chi connectivity index (χ1n) is 2.99. The van der Waals surface area contributed by atoms with Gasteiger partial charge in [0.25, 0.3) is 0 Å². The molecule has 3 nitrogen and oxygen atoms in total. The van der Waals surface area contributed by atoms with Gasteiger partial charge >= 0.3 is 0 Å². The molecule has 0 bridgehead atoms. The monoisotopic (exact) mass is 146 g/mol. The molecule has 0 atom stereocenters. The molecule has 0 radical (unpaired) electrons. The number of hydrogen-bond acceptors (Lipinski definition) is 3. The van der Waals surface area contributed by atoms with Gasteiger partial charge in [-0.2, -0.15) is 0 Å². The fourth-order valence-corrected chi connectivity index (χ4v) is 0.592. The molecule has 1 heterocycles. The Morgan fingerprint density at radius 2 is 2.36 bits per heavy atom. The van der Waals surface area contributed by atoms with Gasteiger partial charge in [-0.05, 0) is 18.1 Å². The van der Waals surface area contributed by atoms with E-state index in [1.807, 2.05) is 0 Å². The van der Waals surface area contributed by atoms with E-state index < -0.39 is 0 Å². The maximum absolute atomic E-state index is 9.83. The van der Waals surface area contributed by atoms with Gasteiger partial charge in [0.05, 0.1) is 0 Å². The fraction of sp³-hybridized carbons (Fsp3) is 0. The van der Waals surface area contributed by atoms with Crippen molar-refractivity contribution >= 4 is 12.1 Å². The highest BCUT2D eigenvalue weighted by Crippen LogP contribution is 1.98. The van der Waals surface area contributed by atoms with Gasteiger partial charge < -0.3 is 5.73 Å². The number of carbonyl (C=O) groups excluding carboxylic acids is 1. The zero-order chi connectivity index (χ0) is 8.10. The Bertz CT molecular complexity index is 305. The average Bonchev–Trinajstić information content (AvgIpc) is 2.04. The van der Waals surface area contributed by atoms with Gasteiger partial charge in [-0.3, -0.25) is 4.79 Å². The Balaban J connectivity index is 2.90. The van der Waals surface area contributed by atoms with Gasteiger partial charge in [-0.25, -0.2) is 4.98 Å². The van der Waals surface area contributed by atoms with Gasteiger partial charge in [-0.15, -0.1) is 0 Å². The topological polar surface area (TPSA) is 56.0 Å². The second-order valence-electron chi connectivity index (χ2n) is 1.86. The van der Waals surface area contributed by atoms with Crippen molar-refractivity contribution in [1.29, 1.82) is 0 Å². The second-order valence-corrected chi connectivity index (χ2v) is 1.86. The van der Waals surface area contributed by atoms with Crippen LogP contribution in [0.15, 0.2) is 18.3 Å². The number of nitrogens with zero attached hydrogens (tertiary/aromatic N) is 1. The van der Waals surface area contributed by atoms with E-state index in [1.165, 1.54) is 6.20 Å². The lowest BCUT2D eigenvalue weighted by atomic mass is 10.3. The summed E-state index contributed by atoms with van der Waals surface area (Å²) in [4.78, 5) is 13.6. The van der Waals surface area contributed by atoms with Crippen LogP contribution in [-0.2, 0) is 4.79 Å². The molecule has 1 aromatic rings. The van der Waals surface area contributed by atoms with Crippen molar-refractivity contribution in [3.63, 3.8) is 0 Å². The highest BCUT2D eigenvalue weighted by Gasteiger charge is 1.85. The molecular weight excluding hydrogens is 140 g/mol. The van der Waals surface area contributed by atoms with Crippen molar-refractivity contribution in [2.45, 2.75) is 0 Å². The van der Waals surface area contributed by atoms with Crippen LogP contribution in [0.1, 0.15) is 5.56 Å². The van der Waals surface area contributed by atoms with Crippen LogP contribution in [0.2, 0.25) is 0 Å². The molecule has 11 heavy (non-hydrogen) atoms. The second kappa shape index (κ2) is 3.37. The first kappa shape index (κ1) is 7.29. The molecule has 3 heteroatoms. The lowest BCUT2D eigenvalue weighted by Crippen LogP contribution is -1.88. The van der Waals surface area contributed by atoms with E-state index in [4.69, 9.17) is 5.73 Å². The molecule has 0 spiro atoms. The average molecular weight is 146 g/mol. The van der Waals surface area contributed by atoms with E-state index in [-0.39, 0.29) is 0 Å². The van der Waals surface area contributed by atoms with Crippen LogP contribution in [0.5, 0.6) is 0 Å². The van der Waals surface area contributed by atoms with E-state index in [1.54, 1.807) is 12.1 Å². The Labute approximate surface area is 64.2 Å². The summed E-state index contributed by atoms with van der Waals surface area (Å²) in [6.45, 7) is 0. The quantitative estimate of drug-likeness (QED) is 0.420. The summed E-state index contributed by atoms with van der Waals surface area (Å²) in [6.07, 6.45) is 2.06. The Morgan fingerprint density at radius 3 is 2.91 bits per heavy atom. The molecular formula is C8H6N2O. The smallest absolute Gasteiger partial charge is 0.193 e. The molecule has 0 amide bonds. The number of rotatable bonds is 0. The summed E-state index contributed by atoms with van der Waals surface area (Å²) in [6, 6.07) is 3.34. The first-order valence-corrected chi connectivity index (χ1v) is 2.99. The molecule has 1 aromatic heterocycles. The minimum Gasteiger partial charge on any atom is -0.384 e. The predicted molar refractivity (Wildman–Crippen MR) is 41.6 cm³/mol. The number of carbonyl (C=O) groups is 1. The molecule has 0 saturated heterocycles. The number of anilines is 1. The molecule has 0 fully saturated rings. The van der Waals surface area contributed by atoms with Crippen molar-refractivity contribution in [3.05, 3.63) is 23.9 Å². The van der Waals surface area contributed by atoms with Crippen molar-refractivity contribution in [2.24, 2.45) is 0 Å². The number of aromatic nitrogens is 1. The predicted octanol–water partition coefficient (Wildman–Crippen LogP) is 0.214. The van der Waals surface area contributed by atoms with Gasteiger partial charge in [0.2, 0.25) is 0 Å². The van der Waals surface area contributed by atoms with Gasteiger partial charge in [0, 0.05) is 11.8 Å². The molecule has 0 aliphatic heterocycles. The summed E-state index contributed by atoms with van der Waals surface area (Å²) in [5.41, 5.74) is 6.01. The molecule has 0 aromatic carbocycles. The third kappa shape index (κ3) is 2.11. The van der Waals surface area contributed by atoms with Crippen LogP contribution < -0.4 is 5.73 Å². The summed E-state index contributed by atoms with van der Waals surface area (Å²) >= 11 is 0. The number of pyridine rings is 1. The first-order chi connectivity index (χ1) is 5.33. The molecule has 0 saturated carbocycles. The summed E-state index contributed by atoms with van der Waals surface area (Å²) < 4.78 is 0. The zero-order valence-corrected chi connectivity index (χ0v) is 5.74. The largest absolute Gasteiger partial charge is 0.384 e. The molecule has 1 rings (SSSR count). The lowest BCUT2D eigenvalue weighted by molar-refractivity contribution is -0.103. The van der Waals surface area contributed by atoms with E-state index >= 15 is 0 Å². The van der Waals surface area contributed by atoms with Crippen molar-refractivity contribution in [2.75, 3.05) is 5.73 Å².